The number of nitrogens with one attached hydrogen (secondary N) is 1. The Labute approximate surface area is 125 Å². The van der Waals surface area contributed by atoms with E-state index in [2.05, 4.69) is 5.32 Å². The van der Waals surface area contributed by atoms with E-state index in [1.54, 1.807) is 0 Å². The third-order valence-corrected chi connectivity index (χ3v) is 3.63. The summed E-state index contributed by atoms with van der Waals surface area (Å²) in [5, 5.41) is 3.11. The molecule has 1 heterocycles. The van der Waals surface area contributed by atoms with Crippen molar-refractivity contribution in [3.63, 3.8) is 0 Å². The highest BCUT2D eigenvalue weighted by atomic mass is 35.5. The lowest BCUT2D eigenvalue weighted by molar-refractivity contribution is -0.153. The predicted octanol–water partition coefficient (Wildman–Crippen LogP) is 3.72. The van der Waals surface area contributed by atoms with Crippen molar-refractivity contribution in [3.8, 4) is 0 Å². The molecular weight excluding hydrogens is 307 g/mol. The van der Waals surface area contributed by atoms with Gasteiger partial charge >= 0.3 is 12.1 Å². The van der Waals surface area contributed by atoms with Crippen LogP contribution in [0.4, 0.5) is 13.2 Å². The van der Waals surface area contributed by atoms with E-state index >= 15 is 0 Å². The van der Waals surface area contributed by atoms with Crippen LogP contribution in [0.2, 0.25) is 5.02 Å². The van der Waals surface area contributed by atoms with Crippen LogP contribution in [0.3, 0.4) is 0 Å². The Hall–Kier alpha value is -1.27. The van der Waals surface area contributed by atoms with Crippen molar-refractivity contribution in [2.75, 3.05) is 6.54 Å². The lowest BCUT2D eigenvalue weighted by Gasteiger charge is -2.20. The van der Waals surface area contributed by atoms with Crippen LogP contribution in [0.15, 0.2) is 18.2 Å². The zero-order chi connectivity index (χ0) is 15.6. The minimum absolute atomic E-state index is 0.138. The molecular formula is C14H15ClF3NO2. The molecule has 21 heavy (non-hydrogen) atoms. The summed E-state index contributed by atoms with van der Waals surface area (Å²) in [6, 6.07) is 2.81. The molecule has 0 unspecified atom stereocenters. The molecule has 1 N–H and O–H groups in total. The molecule has 0 amide bonds. The van der Waals surface area contributed by atoms with Crippen LogP contribution >= 0.6 is 11.6 Å². The molecule has 116 valence electrons. The summed E-state index contributed by atoms with van der Waals surface area (Å²) in [5.74, 6) is -0.534. The summed E-state index contributed by atoms with van der Waals surface area (Å²) in [4.78, 5) is 11.9. The summed E-state index contributed by atoms with van der Waals surface area (Å²) < 4.78 is 44.1. The van der Waals surface area contributed by atoms with Crippen LogP contribution in [-0.2, 0) is 15.7 Å². The molecule has 1 aromatic carbocycles. The third kappa shape index (κ3) is 3.89. The monoisotopic (exact) mass is 321 g/mol. The number of ether oxygens (including phenoxy) is 1. The number of esters is 1. The highest BCUT2D eigenvalue weighted by molar-refractivity contribution is 6.30. The quantitative estimate of drug-likeness (QED) is 0.862. The molecule has 7 heteroatoms. The summed E-state index contributed by atoms with van der Waals surface area (Å²) in [6.45, 7) is 2.12. The Morgan fingerprint density at radius 2 is 2.19 bits per heavy atom. The summed E-state index contributed by atoms with van der Waals surface area (Å²) in [6.07, 6.45) is -4.06. The molecule has 0 spiro atoms. The molecule has 0 saturated carbocycles. The molecule has 0 aliphatic carbocycles. The maximum atomic E-state index is 13.0. The topological polar surface area (TPSA) is 38.3 Å². The van der Waals surface area contributed by atoms with Gasteiger partial charge < -0.3 is 10.1 Å². The zero-order valence-corrected chi connectivity index (χ0v) is 12.1. The maximum absolute atomic E-state index is 13.0. The number of hydrogen-bond donors (Lipinski definition) is 1. The average Bonchev–Trinajstić information content (AvgIpc) is 2.90. The van der Waals surface area contributed by atoms with Gasteiger partial charge in [-0.2, -0.15) is 13.2 Å². The van der Waals surface area contributed by atoms with Gasteiger partial charge in [0.25, 0.3) is 0 Å². The van der Waals surface area contributed by atoms with Gasteiger partial charge in [-0.05, 0) is 44.5 Å². The van der Waals surface area contributed by atoms with E-state index in [9.17, 15) is 18.0 Å². The SMILES string of the molecule is C[C@H](OC(=O)[C@H]1CCCN1)c1cc(Cl)ccc1C(F)(F)F. The first-order valence-electron chi connectivity index (χ1n) is 6.59. The zero-order valence-electron chi connectivity index (χ0n) is 11.3. The van der Waals surface area contributed by atoms with Crippen molar-refractivity contribution in [2.24, 2.45) is 0 Å². The molecule has 3 nitrogen and oxygen atoms in total. The van der Waals surface area contributed by atoms with Crippen molar-refractivity contribution in [3.05, 3.63) is 34.3 Å². The second kappa shape index (κ2) is 6.23. The highest BCUT2D eigenvalue weighted by Crippen LogP contribution is 2.37. The fourth-order valence-corrected chi connectivity index (χ4v) is 2.51. The number of halogens is 4. The van der Waals surface area contributed by atoms with Gasteiger partial charge in [0.1, 0.15) is 12.1 Å². The van der Waals surface area contributed by atoms with Crippen LogP contribution in [0.25, 0.3) is 0 Å². The van der Waals surface area contributed by atoms with Crippen molar-refractivity contribution >= 4 is 17.6 Å². The molecule has 0 radical (unpaired) electrons. The first-order chi connectivity index (χ1) is 9.79. The maximum Gasteiger partial charge on any atom is 0.416 e. The van der Waals surface area contributed by atoms with Crippen molar-refractivity contribution < 1.29 is 22.7 Å². The van der Waals surface area contributed by atoms with Crippen LogP contribution in [0, 0.1) is 0 Å². The number of alkyl halides is 3. The van der Waals surface area contributed by atoms with Crippen LogP contribution in [0.5, 0.6) is 0 Å². The first-order valence-corrected chi connectivity index (χ1v) is 6.97. The summed E-state index contributed by atoms with van der Waals surface area (Å²) >= 11 is 5.75. The Kier molecular flexibility index (Phi) is 4.78. The minimum atomic E-state index is -4.52. The van der Waals surface area contributed by atoms with E-state index in [1.807, 2.05) is 0 Å². The Morgan fingerprint density at radius 3 is 2.76 bits per heavy atom. The van der Waals surface area contributed by atoms with Gasteiger partial charge in [-0.25, -0.2) is 0 Å². The van der Waals surface area contributed by atoms with Crippen LogP contribution < -0.4 is 5.32 Å². The van der Waals surface area contributed by atoms with Crippen LogP contribution in [0.1, 0.15) is 37.0 Å². The Morgan fingerprint density at radius 1 is 1.48 bits per heavy atom. The molecule has 0 bridgehead atoms. The minimum Gasteiger partial charge on any atom is -0.457 e. The van der Waals surface area contributed by atoms with Crippen molar-refractivity contribution in [1.82, 2.24) is 5.32 Å². The van der Waals surface area contributed by atoms with Gasteiger partial charge in [0, 0.05) is 10.6 Å². The van der Waals surface area contributed by atoms with E-state index in [4.69, 9.17) is 16.3 Å². The standard InChI is InChI=1S/C14H15ClF3NO2/c1-8(21-13(20)12-3-2-6-19-12)10-7-9(15)4-5-11(10)14(16,17)18/h4-5,7-8,12,19H,2-3,6H2,1H3/t8-,12+/m0/s1. The lowest BCUT2D eigenvalue weighted by Crippen LogP contribution is -2.33. The van der Waals surface area contributed by atoms with Crippen molar-refractivity contribution in [1.29, 1.82) is 0 Å². The second-order valence-corrected chi connectivity index (χ2v) is 5.39. The van der Waals surface area contributed by atoms with Crippen molar-refractivity contribution in [2.45, 2.75) is 38.1 Å². The van der Waals surface area contributed by atoms with Gasteiger partial charge in [-0.1, -0.05) is 11.6 Å². The predicted molar refractivity (Wildman–Crippen MR) is 72.0 cm³/mol. The first kappa shape index (κ1) is 16.1. The molecule has 1 saturated heterocycles. The summed E-state index contributed by atoms with van der Waals surface area (Å²) in [7, 11) is 0. The number of carbonyl (C=O) groups excluding carboxylic acids is 1. The molecule has 1 aliphatic rings. The molecule has 1 aliphatic heterocycles. The van der Waals surface area contributed by atoms with E-state index < -0.39 is 29.9 Å². The molecule has 1 fully saturated rings. The number of rotatable bonds is 3. The molecule has 2 rings (SSSR count). The Bertz CT molecular complexity index is 527. The largest absolute Gasteiger partial charge is 0.457 e. The lowest BCUT2D eigenvalue weighted by atomic mass is 10.0. The second-order valence-electron chi connectivity index (χ2n) is 4.96. The molecule has 0 aromatic heterocycles. The number of benzene rings is 1. The molecule has 2 atom stereocenters. The van der Waals surface area contributed by atoms with E-state index in [1.165, 1.54) is 19.1 Å². The van der Waals surface area contributed by atoms with E-state index in [0.717, 1.165) is 12.5 Å². The van der Waals surface area contributed by atoms with Gasteiger partial charge in [-0.3, -0.25) is 4.79 Å². The third-order valence-electron chi connectivity index (χ3n) is 3.39. The van der Waals surface area contributed by atoms with Gasteiger partial charge in [0.05, 0.1) is 5.56 Å². The average molecular weight is 322 g/mol. The fourth-order valence-electron chi connectivity index (χ4n) is 2.33. The Balaban J connectivity index is 2.19. The van der Waals surface area contributed by atoms with Gasteiger partial charge in [0.2, 0.25) is 0 Å². The smallest absolute Gasteiger partial charge is 0.416 e. The van der Waals surface area contributed by atoms with Gasteiger partial charge in [0.15, 0.2) is 0 Å². The van der Waals surface area contributed by atoms with E-state index in [0.29, 0.717) is 13.0 Å². The van der Waals surface area contributed by atoms with E-state index in [-0.39, 0.29) is 10.6 Å². The van der Waals surface area contributed by atoms with Gasteiger partial charge in [-0.15, -0.1) is 0 Å². The highest BCUT2D eigenvalue weighted by Gasteiger charge is 2.36. The van der Waals surface area contributed by atoms with Crippen LogP contribution in [-0.4, -0.2) is 18.6 Å². The summed E-state index contributed by atoms with van der Waals surface area (Å²) in [5.41, 5.74) is -0.979. The normalized spacial score (nSPS) is 20.3. The number of hydrogen-bond acceptors (Lipinski definition) is 3. The fraction of sp³-hybridized carbons (Fsp3) is 0.500. The number of carbonyl (C=O) groups is 1. The molecule has 1 aromatic rings.